The fraction of sp³-hybridized carbons (Fsp3) is 0.571. The van der Waals surface area contributed by atoms with Gasteiger partial charge in [0.05, 0.1) is 12.5 Å². The molecule has 1 fully saturated rings. The molecule has 0 aliphatic carbocycles. The molecule has 162 valence electrons. The molecule has 7 nitrogen and oxygen atoms in total. The summed E-state index contributed by atoms with van der Waals surface area (Å²) in [5.41, 5.74) is -0.0961. The van der Waals surface area contributed by atoms with Gasteiger partial charge in [-0.15, -0.1) is 0 Å². The van der Waals surface area contributed by atoms with Crippen LogP contribution in [0.1, 0.15) is 43.5 Å². The van der Waals surface area contributed by atoms with Crippen molar-refractivity contribution in [3.8, 4) is 0 Å². The second kappa shape index (κ2) is 8.89. The van der Waals surface area contributed by atoms with Crippen molar-refractivity contribution < 1.29 is 9.18 Å². The van der Waals surface area contributed by atoms with Gasteiger partial charge in [-0.2, -0.15) is 5.10 Å². The fourth-order valence-electron chi connectivity index (χ4n) is 4.41. The van der Waals surface area contributed by atoms with Crippen LogP contribution < -0.4 is 5.69 Å². The minimum Gasteiger partial charge on any atom is -0.339 e. The molecule has 0 spiro atoms. The fourth-order valence-corrected chi connectivity index (χ4v) is 4.63. The number of benzene rings is 1. The van der Waals surface area contributed by atoms with Crippen molar-refractivity contribution in [2.45, 2.75) is 45.2 Å². The Morgan fingerprint density at radius 1 is 1.23 bits per heavy atom. The molecule has 1 atom stereocenters. The molecule has 9 heteroatoms. The summed E-state index contributed by atoms with van der Waals surface area (Å²) in [5, 5.41) is 4.71. The van der Waals surface area contributed by atoms with E-state index >= 15 is 0 Å². The van der Waals surface area contributed by atoms with E-state index in [-0.39, 0.29) is 28.7 Å². The third-order valence-electron chi connectivity index (χ3n) is 6.03. The second-order valence-corrected chi connectivity index (χ2v) is 8.42. The van der Waals surface area contributed by atoms with Crippen LogP contribution in [-0.2, 0) is 17.9 Å². The molecule has 1 unspecified atom stereocenters. The summed E-state index contributed by atoms with van der Waals surface area (Å²) in [6, 6.07) is 4.43. The number of carbonyl (C=O) groups is 1. The number of fused-ring (bicyclic) bond motifs is 1. The average Bonchev–Trinajstić information content (AvgIpc) is 3.07. The standard InChI is InChI=1S/C21H27ClFN5O2/c1-2-8-25-10-12-26(13-11-25)20(29)15-5-4-9-27-19(15)24-28(21(27)30)14-16-17(22)6-3-7-18(16)23/h3,6-7,15H,2,4-5,8-14H2,1H3. The van der Waals surface area contributed by atoms with E-state index in [1.807, 2.05) is 4.90 Å². The molecule has 4 rings (SSSR count). The summed E-state index contributed by atoms with van der Waals surface area (Å²) in [4.78, 5) is 30.4. The molecule has 1 saturated heterocycles. The highest BCUT2D eigenvalue weighted by molar-refractivity contribution is 6.31. The van der Waals surface area contributed by atoms with Gasteiger partial charge < -0.3 is 4.90 Å². The molecule has 0 N–H and O–H groups in total. The molecule has 2 aliphatic rings. The Balaban J connectivity index is 1.55. The minimum atomic E-state index is -0.474. The van der Waals surface area contributed by atoms with Crippen molar-refractivity contribution in [3.63, 3.8) is 0 Å². The number of nitrogens with zero attached hydrogens (tertiary/aromatic N) is 5. The molecular weight excluding hydrogens is 409 g/mol. The van der Waals surface area contributed by atoms with Gasteiger partial charge in [-0.05, 0) is 37.9 Å². The van der Waals surface area contributed by atoms with Crippen LogP contribution in [0.25, 0.3) is 0 Å². The summed E-state index contributed by atoms with van der Waals surface area (Å²) in [7, 11) is 0. The quantitative estimate of drug-likeness (QED) is 0.723. The first kappa shape index (κ1) is 21.1. The van der Waals surface area contributed by atoms with Crippen LogP contribution >= 0.6 is 11.6 Å². The normalized spacial score (nSPS) is 19.7. The van der Waals surface area contributed by atoms with Crippen molar-refractivity contribution >= 4 is 17.5 Å². The van der Waals surface area contributed by atoms with E-state index in [4.69, 9.17) is 11.6 Å². The van der Waals surface area contributed by atoms with E-state index in [2.05, 4.69) is 16.9 Å². The Morgan fingerprint density at radius 2 is 2.00 bits per heavy atom. The first-order chi connectivity index (χ1) is 14.5. The third kappa shape index (κ3) is 4.03. The zero-order valence-electron chi connectivity index (χ0n) is 17.2. The molecule has 1 aromatic heterocycles. The van der Waals surface area contributed by atoms with E-state index in [1.165, 1.54) is 16.8 Å². The monoisotopic (exact) mass is 435 g/mol. The van der Waals surface area contributed by atoms with Crippen molar-refractivity contribution in [2.75, 3.05) is 32.7 Å². The van der Waals surface area contributed by atoms with Crippen LogP contribution in [0.2, 0.25) is 5.02 Å². The zero-order valence-corrected chi connectivity index (χ0v) is 17.9. The van der Waals surface area contributed by atoms with Crippen molar-refractivity contribution in [1.29, 1.82) is 0 Å². The molecule has 2 aliphatic heterocycles. The maximum Gasteiger partial charge on any atom is 0.346 e. The number of piperazine rings is 1. The van der Waals surface area contributed by atoms with Gasteiger partial charge in [0.2, 0.25) is 5.91 Å². The lowest BCUT2D eigenvalue weighted by atomic mass is 9.97. The van der Waals surface area contributed by atoms with E-state index in [9.17, 15) is 14.0 Å². The maximum atomic E-state index is 14.2. The van der Waals surface area contributed by atoms with Gasteiger partial charge in [0, 0.05) is 43.3 Å². The first-order valence-corrected chi connectivity index (χ1v) is 11.0. The van der Waals surface area contributed by atoms with Crippen molar-refractivity contribution in [3.05, 3.63) is 50.9 Å². The molecule has 1 amide bonds. The zero-order chi connectivity index (χ0) is 21.3. The molecular formula is C21H27ClFN5O2. The van der Waals surface area contributed by atoms with E-state index < -0.39 is 11.7 Å². The number of hydrogen-bond donors (Lipinski definition) is 0. The number of carbonyl (C=O) groups excluding carboxylic acids is 1. The Bertz CT molecular complexity index is 960. The Hall–Kier alpha value is -2.19. The number of hydrogen-bond acceptors (Lipinski definition) is 4. The van der Waals surface area contributed by atoms with Gasteiger partial charge in [0.25, 0.3) is 0 Å². The maximum absolute atomic E-state index is 14.2. The third-order valence-corrected chi connectivity index (χ3v) is 6.38. The topological polar surface area (TPSA) is 63.4 Å². The van der Waals surface area contributed by atoms with Gasteiger partial charge in [0.1, 0.15) is 11.6 Å². The smallest absolute Gasteiger partial charge is 0.339 e. The number of halogens is 2. The van der Waals surface area contributed by atoms with Gasteiger partial charge in [0.15, 0.2) is 0 Å². The molecule has 0 bridgehead atoms. The predicted molar refractivity (Wildman–Crippen MR) is 112 cm³/mol. The molecule has 0 saturated carbocycles. The van der Waals surface area contributed by atoms with E-state index in [1.54, 1.807) is 10.6 Å². The number of amides is 1. The predicted octanol–water partition coefficient (Wildman–Crippen LogP) is 2.32. The van der Waals surface area contributed by atoms with Crippen molar-refractivity contribution in [1.82, 2.24) is 24.1 Å². The van der Waals surface area contributed by atoms with Gasteiger partial charge in [-0.3, -0.25) is 14.3 Å². The molecule has 3 heterocycles. The lowest BCUT2D eigenvalue weighted by molar-refractivity contribution is -0.135. The van der Waals surface area contributed by atoms with Crippen LogP contribution in [-0.4, -0.2) is 62.8 Å². The summed E-state index contributed by atoms with van der Waals surface area (Å²) < 4.78 is 17.0. The highest BCUT2D eigenvalue weighted by Crippen LogP contribution is 2.27. The number of rotatable bonds is 5. The van der Waals surface area contributed by atoms with Crippen LogP contribution in [0, 0.1) is 5.82 Å². The SMILES string of the molecule is CCCN1CCN(C(=O)C2CCCn3c2nn(Cc2c(F)cccc2Cl)c3=O)CC1. The molecule has 0 radical (unpaired) electrons. The average molecular weight is 436 g/mol. The van der Waals surface area contributed by atoms with Crippen LogP contribution in [0.5, 0.6) is 0 Å². The summed E-state index contributed by atoms with van der Waals surface area (Å²) >= 11 is 6.12. The minimum absolute atomic E-state index is 0.0353. The van der Waals surface area contributed by atoms with Gasteiger partial charge in [-0.1, -0.05) is 24.6 Å². The Kier molecular flexibility index (Phi) is 6.24. The first-order valence-electron chi connectivity index (χ1n) is 10.6. The van der Waals surface area contributed by atoms with Gasteiger partial charge >= 0.3 is 5.69 Å². The summed E-state index contributed by atoms with van der Waals surface area (Å²) in [6.45, 7) is 6.82. The van der Waals surface area contributed by atoms with Crippen LogP contribution in [0.4, 0.5) is 4.39 Å². The lowest BCUT2D eigenvalue weighted by Gasteiger charge is -2.36. The molecule has 1 aromatic carbocycles. The molecule has 30 heavy (non-hydrogen) atoms. The largest absolute Gasteiger partial charge is 0.346 e. The highest BCUT2D eigenvalue weighted by Gasteiger charge is 2.35. The Morgan fingerprint density at radius 3 is 2.70 bits per heavy atom. The van der Waals surface area contributed by atoms with Gasteiger partial charge in [-0.25, -0.2) is 13.9 Å². The lowest BCUT2D eigenvalue weighted by Crippen LogP contribution is -2.50. The van der Waals surface area contributed by atoms with E-state index in [0.29, 0.717) is 31.9 Å². The second-order valence-electron chi connectivity index (χ2n) is 8.01. The van der Waals surface area contributed by atoms with Crippen molar-refractivity contribution in [2.24, 2.45) is 0 Å². The number of aromatic nitrogens is 3. The summed E-state index contributed by atoms with van der Waals surface area (Å²) in [6.07, 6.45) is 2.52. The van der Waals surface area contributed by atoms with Crippen LogP contribution in [0.15, 0.2) is 23.0 Å². The van der Waals surface area contributed by atoms with E-state index in [0.717, 1.165) is 32.5 Å². The van der Waals surface area contributed by atoms with Crippen LogP contribution in [0.3, 0.4) is 0 Å². The summed E-state index contributed by atoms with van der Waals surface area (Å²) in [5.74, 6) is -0.382. The highest BCUT2D eigenvalue weighted by atomic mass is 35.5. The Labute approximate surface area is 180 Å². The molecule has 2 aromatic rings.